The average molecular weight is 383 g/mol. The fourth-order valence-corrected chi connectivity index (χ4v) is 4.33. The summed E-state index contributed by atoms with van der Waals surface area (Å²) in [5.74, 6) is 0.357. The largest absolute Gasteiger partial charge is 0.379 e. The molecular formula is C19H30N2O4S. The topological polar surface area (TPSA) is 75.7 Å². The van der Waals surface area contributed by atoms with Crippen LogP contribution in [0, 0.1) is 12.8 Å². The van der Waals surface area contributed by atoms with Crippen LogP contribution in [0.1, 0.15) is 49.5 Å². The number of carbonyl (C=O) groups is 1. The number of hydrogen-bond donors (Lipinski definition) is 1. The molecule has 1 unspecified atom stereocenters. The van der Waals surface area contributed by atoms with Crippen molar-refractivity contribution in [1.82, 2.24) is 9.62 Å². The minimum absolute atomic E-state index is 0.0452. The van der Waals surface area contributed by atoms with E-state index >= 15 is 0 Å². The van der Waals surface area contributed by atoms with Crippen LogP contribution in [0.15, 0.2) is 23.1 Å². The highest BCUT2D eigenvalue weighted by molar-refractivity contribution is 7.89. The lowest BCUT2D eigenvalue weighted by Crippen LogP contribution is -2.40. The Labute approximate surface area is 157 Å². The van der Waals surface area contributed by atoms with Gasteiger partial charge in [0.15, 0.2) is 0 Å². The summed E-state index contributed by atoms with van der Waals surface area (Å²) in [6.45, 7) is 9.56. The van der Waals surface area contributed by atoms with E-state index in [2.05, 4.69) is 19.2 Å². The standard InChI is InChI=1S/C19H30N2O4S/c1-14(2)5-7-16(4)20-19(22)18-13-17(8-6-15(18)3)26(23,24)21-9-11-25-12-10-21/h6,8,13-14,16H,5,7,9-12H2,1-4H3,(H,20,22). The fraction of sp³-hybridized carbons (Fsp3) is 0.632. The molecule has 0 aliphatic carbocycles. The molecule has 6 nitrogen and oxygen atoms in total. The zero-order chi connectivity index (χ0) is 19.3. The Morgan fingerprint density at radius 3 is 2.46 bits per heavy atom. The van der Waals surface area contributed by atoms with Gasteiger partial charge in [-0.2, -0.15) is 4.31 Å². The third kappa shape index (κ3) is 5.28. The van der Waals surface area contributed by atoms with Crippen LogP contribution in [0.5, 0.6) is 0 Å². The number of carbonyl (C=O) groups excluding carboxylic acids is 1. The van der Waals surface area contributed by atoms with Gasteiger partial charge < -0.3 is 10.1 Å². The van der Waals surface area contributed by atoms with Crippen molar-refractivity contribution in [1.29, 1.82) is 0 Å². The molecule has 1 N–H and O–H groups in total. The van der Waals surface area contributed by atoms with Crippen molar-refractivity contribution < 1.29 is 17.9 Å². The molecule has 1 aliphatic heterocycles. The Hall–Kier alpha value is -1.44. The second-order valence-corrected chi connectivity index (χ2v) is 9.28. The Morgan fingerprint density at radius 1 is 1.19 bits per heavy atom. The Morgan fingerprint density at radius 2 is 1.85 bits per heavy atom. The van der Waals surface area contributed by atoms with Crippen molar-refractivity contribution >= 4 is 15.9 Å². The van der Waals surface area contributed by atoms with Gasteiger partial charge in [0.25, 0.3) is 5.91 Å². The first-order valence-electron chi connectivity index (χ1n) is 9.21. The lowest BCUT2D eigenvalue weighted by Gasteiger charge is -2.26. The van der Waals surface area contributed by atoms with E-state index in [-0.39, 0.29) is 16.8 Å². The maximum Gasteiger partial charge on any atom is 0.251 e. The number of rotatable bonds is 7. The van der Waals surface area contributed by atoms with Gasteiger partial charge in [0, 0.05) is 24.7 Å². The van der Waals surface area contributed by atoms with E-state index in [0.717, 1.165) is 18.4 Å². The van der Waals surface area contributed by atoms with E-state index in [4.69, 9.17) is 4.74 Å². The summed E-state index contributed by atoms with van der Waals surface area (Å²) in [7, 11) is -3.61. The number of amides is 1. The number of benzene rings is 1. The second kappa shape index (κ2) is 8.97. The van der Waals surface area contributed by atoms with Crippen molar-refractivity contribution in [3.05, 3.63) is 29.3 Å². The number of aryl methyl sites for hydroxylation is 1. The summed E-state index contributed by atoms with van der Waals surface area (Å²) in [5.41, 5.74) is 1.18. The number of nitrogens with one attached hydrogen (secondary N) is 1. The first-order chi connectivity index (χ1) is 12.2. The van der Waals surface area contributed by atoms with Gasteiger partial charge in [-0.25, -0.2) is 8.42 Å². The molecule has 1 fully saturated rings. The lowest BCUT2D eigenvalue weighted by molar-refractivity contribution is 0.0730. The molecule has 0 aromatic heterocycles. The predicted octanol–water partition coefficient (Wildman–Crippen LogP) is 2.57. The Balaban J connectivity index is 2.17. The molecule has 26 heavy (non-hydrogen) atoms. The van der Waals surface area contributed by atoms with E-state index in [1.165, 1.54) is 10.4 Å². The van der Waals surface area contributed by atoms with Gasteiger partial charge in [0.1, 0.15) is 0 Å². The quantitative estimate of drug-likeness (QED) is 0.786. The van der Waals surface area contributed by atoms with E-state index in [9.17, 15) is 13.2 Å². The predicted molar refractivity (Wildman–Crippen MR) is 102 cm³/mol. The molecule has 1 aromatic carbocycles. The molecule has 1 heterocycles. The summed E-state index contributed by atoms with van der Waals surface area (Å²) < 4.78 is 32.3. The average Bonchev–Trinajstić information content (AvgIpc) is 2.60. The number of sulfonamides is 1. The highest BCUT2D eigenvalue weighted by Gasteiger charge is 2.27. The molecule has 2 rings (SSSR count). The third-order valence-corrected chi connectivity index (χ3v) is 6.51. The Bertz CT molecular complexity index is 725. The van der Waals surface area contributed by atoms with E-state index in [0.29, 0.717) is 37.8 Å². The first kappa shape index (κ1) is 20.9. The molecule has 1 aliphatic rings. The fourth-order valence-electron chi connectivity index (χ4n) is 2.90. The van der Waals surface area contributed by atoms with Crippen molar-refractivity contribution in [2.45, 2.75) is 51.5 Å². The van der Waals surface area contributed by atoms with E-state index in [1.807, 2.05) is 13.8 Å². The van der Waals surface area contributed by atoms with Crippen molar-refractivity contribution in [3.63, 3.8) is 0 Å². The van der Waals surface area contributed by atoms with Gasteiger partial charge in [0.05, 0.1) is 18.1 Å². The van der Waals surface area contributed by atoms with Crippen LogP contribution in [0.25, 0.3) is 0 Å². The van der Waals surface area contributed by atoms with Crippen LogP contribution in [0.2, 0.25) is 0 Å². The minimum atomic E-state index is -3.61. The maximum absolute atomic E-state index is 12.8. The smallest absolute Gasteiger partial charge is 0.251 e. The van der Waals surface area contributed by atoms with Gasteiger partial charge in [0.2, 0.25) is 10.0 Å². The van der Waals surface area contributed by atoms with Gasteiger partial charge in [-0.1, -0.05) is 19.9 Å². The normalized spacial score (nSPS) is 17.3. The summed E-state index contributed by atoms with van der Waals surface area (Å²) in [4.78, 5) is 12.8. The molecule has 7 heteroatoms. The molecule has 0 radical (unpaired) electrons. The molecule has 146 valence electrons. The van der Waals surface area contributed by atoms with Crippen LogP contribution in [0.4, 0.5) is 0 Å². The number of nitrogens with zero attached hydrogens (tertiary/aromatic N) is 1. The molecule has 0 saturated carbocycles. The summed E-state index contributed by atoms with van der Waals surface area (Å²) in [6, 6.07) is 4.80. The van der Waals surface area contributed by atoms with E-state index < -0.39 is 10.0 Å². The highest BCUT2D eigenvalue weighted by Crippen LogP contribution is 2.21. The van der Waals surface area contributed by atoms with Gasteiger partial charge in [-0.05, 0) is 50.3 Å². The van der Waals surface area contributed by atoms with E-state index in [1.54, 1.807) is 12.1 Å². The summed E-state index contributed by atoms with van der Waals surface area (Å²) in [6.07, 6.45) is 1.93. The van der Waals surface area contributed by atoms with Crippen LogP contribution in [0.3, 0.4) is 0 Å². The second-order valence-electron chi connectivity index (χ2n) is 7.34. The summed E-state index contributed by atoms with van der Waals surface area (Å²) >= 11 is 0. The van der Waals surface area contributed by atoms with Crippen LogP contribution >= 0.6 is 0 Å². The summed E-state index contributed by atoms with van der Waals surface area (Å²) in [5, 5.41) is 2.98. The van der Waals surface area contributed by atoms with Crippen LogP contribution in [-0.4, -0.2) is 51.0 Å². The number of ether oxygens (including phenoxy) is 1. The third-order valence-electron chi connectivity index (χ3n) is 4.62. The molecular weight excluding hydrogens is 352 g/mol. The Kier molecular flexibility index (Phi) is 7.20. The zero-order valence-electron chi connectivity index (χ0n) is 16.1. The molecule has 0 bridgehead atoms. The van der Waals surface area contributed by atoms with Crippen LogP contribution in [-0.2, 0) is 14.8 Å². The minimum Gasteiger partial charge on any atom is -0.379 e. The number of hydrogen-bond acceptors (Lipinski definition) is 4. The van der Waals surface area contributed by atoms with Crippen molar-refractivity contribution in [2.24, 2.45) is 5.92 Å². The molecule has 1 aromatic rings. The molecule has 1 amide bonds. The SMILES string of the molecule is Cc1ccc(S(=O)(=O)N2CCOCC2)cc1C(=O)NC(C)CCC(C)C. The lowest BCUT2D eigenvalue weighted by atomic mass is 10.0. The molecule has 1 saturated heterocycles. The number of morpholine rings is 1. The highest BCUT2D eigenvalue weighted by atomic mass is 32.2. The zero-order valence-corrected chi connectivity index (χ0v) is 16.9. The van der Waals surface area contributed by atoms with Gasteiger partial charge >= 0.3 is 0 Å². The van der Waals surface area contributed by atoms with Crippen LogP contribution < -0.4 is 5.32 Å². The van der Waals surface area contributed by atoms with Gasteiger partial charge in [-0.15, -0.1) is 0 Å². The maximum atomic E-state index is 12.8. The first-order valence-corrected chi connectivity index (χ1v) is 10.6. The monoisotopic (exact) mass is 382 g/mol. The van der Waals surface area contributed by atoms with Crippen molar-refractivity contribution in [2.75, 3.05) is 26.3 Å². The molecule has 0 spiro atoms. The van der Waals surface area contributed by atoms with Gasteiger partial charge in [-0.3, -0.25) is 4.79 Å². The van der Waals surface area contributed by atoms with Crippen molar-refractivity contribution in [3.8, 4) is 0 Å². The molecule has 1 atom stereocenters.